The number of nitrogens with one attached hydrogen (secondary N) is 1. The molecule has 7 nitrogen and oxygen atoms in total. The summed E-state index contributed by atoms with van der Waals surface area (Å²) in [6.07, 6.45) is 3.31. The second-order valence-electron chi connectivity index (χ2n) is 6.12. The molecule has 0 aromatic heterocycles. The van der Waals surface area contributed by atoms with Crippen molar-refractivity contribution in [3.05, 3.63) is 58.7 Å². The number of amides is 2. The molecule has 1 saturated heterocycles. The number of fused-ring (bicyclic) bond motifs is 2. The van der Waals surface area contributed by atoms with Gasteiger partial charge in [0.15, 0.2) is 23.0 Å². The van der Waals surface area contributed by atoms with Gasteiger partial charge in [0.2, 0.25) is 13.6 Å². The van der Waals surface area contributed by atoms with E-state index in [1.165, 1.54) is 0 Å². The van der Waals surface area contributed by atoms with Crippen LogP contribution in [0.2, 0.25) is 0 Å². The first kappa shape index (κ1) is 15.5. The van der Waals surface area contributed by atoms with Gasteiger partial charge < -0.3 is 18.9 Å². The highest BCUT2D eigenvalue weighted by Gasteiger charge is 2.30. The molecule has 5 rings (SSSR count). The van der Waals surface area contributed by atoms with E-state index in [9.17, 15) is 9.59 Å². The fourth-order valence-corrected chi connectivity index (χ4v) is 3.11. The van der Waals surface area contributed by atoms with Crippen LogP contribution in [0.3, 0.4) is 0 Å². The maximum Gasteiger partial charge on any atom is 0.258 e. The third-order valence-electron chi connectivity index (χ3n) is 4.42. The molecule has 0 saturated carbocycles. The SMILES string of the molecule is O=C1NC(=O)C(=C/c2ccc3c(c2)OCO3)/C1=C\c1ccc2c(c1)OCO2. The summed E-state index contributed by atoms with van der Waals surface area (Å²) in [5, 5.41) is 2.34. The van der Waals surface area contributed by atoms with Gasteiger partial charge in [-0.1, -0.05) is 12.1 Å². The van der Waals surface area contributed by atoms with Crippen molar-refractivity contribution in [1.82, 2.24) is 5.32 Å². The first-order chi connectivity index (χ1) is 13.2. The molecule has 7 heteroatoms. The van der Waals surface area contributed by atoms with Crippen molar-refractivity contribution in [3.8, 4) is 23.0 Å². The maximum atomic E-state index is 12.3. The van der Waals surface area contributed by atoms with E-state index in [0.29, 0.717) is 23.0 Å². The molecule has 3 heterocycles. The summed E-state index contributed by atoms with van der Waals surface area (Å²) in [4.78, 5) is 24.5. The minimum absolute atomic E-state index is 0.170. The first-order valence-corrected chi connectivity index (χ1v) is 8.26. The summed E-state index contributed by atoms with van der Waals surface area (Å²) in [6.45, 7) is 0.340. The van der Waals surface area contributed by atoms with Crippen molar-refractivity contribution in [2.45, 2.75) is 0 Å². The van der Waals surface area contributed by atoms with Gasteiger partial charge in [0.1, 0.15) is 0 Å². The fraction of sp³-hybridized carbons (Fsp3) is 0.100. The Morgan fingerprint density at radius 1 is 0.667 bits per heavy atom. The molecule has 0 bridgehead atoms. The van der Waals surface area contributed by atoms with Crippen LogP contribution in [-0.2, 0) is 9.59 Å². The van der Waals surface area contributed by atoms with Crippen molar-refractivity contribution >= 4 is 24.0 Å². The Hall–Kier alpha value is -3.74. The molecule has 0 unspecified atom stereocenters. The fourth-order valence-electron chi connectivity index (χ4n) is 3.11. The lowest BCUT2D eigenvalue weighted by atomic mass is 10.0. The lowest BCUT2D eigenvalue weighted by Crippen LogP contribution is -2.19. The van der Waals surface area contributed by atoms with Gasteiger partial charge in [0, 0.05) is 0 Å². The molecule has 0 atom stereocenters. The van der Waals surface area contributed by atoms with E-state index in [1.807, 2.05) is 0 Å². The monoisotopic (exact) mass is 363 g/mol. The van der Waals surface area contributed by atoms with E-state index in [4.69, 9.17) is 18.9 Å². The highest BCUT2D eigenvalue weighted by molar-refractivity contribution is 6.28. The Labute approximate surface area is 153 Å². The normalized spacial score (nSPS) is 19.9. The summed E-state index contributed by atoms with van der Waals surface area (Å²) in [5.74, 6) is 1.64. The highest BCUT2D eigenvalue weighted by Crippen LogP contribution is 2.35. The molecule has 2 amide bonds. The largest absolute Gasteiger partial charge is 0.454 e. The summed E-state index contributed by atoms with van der Waals surface area (Å²) in [6, 6.07) is 10.7. The molecule has 3 aliphatic heterocycles. The van der Waals surface area contributed by atoms with Crippen LogP contribution < -0.4 is 24.3 Å². The van der Waals surface area contributed by atoms with Gasteiger partial charge in [-0.05, 0) is 47.5 Å². The molecule has 1 fully saturated rings. The Kier molecular flexibility index (Phi) is 3.39. The van der Waals surface area contributed by atoms with Crippen LogP contribution in [0, 0.1) is 0 Å². The van der Waals surface area contributed by atoms with Crippen LogP contribution in [-0.4, -0.2) is 25.4 Å². The molecule has 0 aliphatic carbocycles. The number of imide groups is 1. The molecule has 2 aromatic rings. The van der Waals surface area contributed by atoms with Gasteiger partial charge in [-0.2, -0.15) is 0 Å². The van der Waals surface area contributed by atoms with Crippen molar-refractivity contribution in [3.63, 3.8) is 0 Å². The number of benzene rings is 2. The van der Waals surface area contributed by atoms with Crippen molar-refractivity contribution in [2.75, 3.05) is 13.6 Å². The Bertz CT molecular complexity index is 969. The summed E-state index contributed by atoms with van der Waals surface area (Å²) >= 11 is 0. The van der Waals surface area contributed by atoms with E-state index in [1.54, 1.807) is 48.6 Å². The predicted octanol–water partition coefficient (Wildman–Crippen LogP) is 2.27. The van der Waals surface area contributed by atoms with Crippen molar-refractivity contribution < 1.29 is 28.5 Å². The van der Waals surface area contributed by atoms with Gasteiger partial charge in [-0.25, -0.2) is 0 Å². The second-order valence-corrected chi connectivity index (χ2v) is 6.12. The topological polar surface area (TPSA) is 83.1 Å². The zero-order chi connectivity index (χ0) is 18.4. The van der Waals surface area contributed by atoms with Gasteiger partial charge in [0.25, 0.3) is 11.8 Å². The molecule has 1 N–H and O–H groups in total. The third-order valence-corrected chi connectivity index (χ3v) is 4.42. The maximum absolute atomic E-state index is 12.3. The molecule has 134 valence electrons. The number of carbonyl (C=O) groups excluding carboxylic acids is 2. The molecular formula is C20H13NO6. The number of rotatable bonds is 2. The molecule has 2 aromatic carbocycles. The summed E-state index contributed by atoms with van der Waals surface area (Å²) in [5.41, 5.74) is 2.04. The van der Waals surface area contributed by atoms with E-state index in [2.05, 4.69) is 5.32 Å². The summed E-state index contributed by atoms with van der Waals surface area (Å²) < 4.78 is 21.3. The van der Waals surface area contributed by atoms with E-state index in [0.717, 1.165) is 11.1 Å². The predicted molar refractivity (Wildman–Crippen MR) is 94.2 cm³/mol. The average molecular weight is 363 g/mol. The lowest BCUT2D eigenvalue weighted by Gasteiger charge is -2.02. The number of hydrogen-bond acceptors (Lipinski definition) is 6. The first-order valence-electron chi connectivity index (χ1n) is 8.26. The highest BCUT2D eigenvalue weighted by atomic mass is 16.7. The molecule has 0 radical (unpaired) electrons. The van der Waals surface area contributed by atoms with Gasteiger partial charge in [-0.15, -0.1) is 0 Å². The van der Waals surface area contributed by atoms with E-state index >= 15 is 0 Å². The van der Waals surface area contributed by atoms with Crippen LogP contribution in [0.5, 0.6) is 23.0 Å². The second kappa shape index (κ2) is 5.91. The lowest BCUT2D eigenvalue weighted by molar-refractivity contribution is -0.123. The molecule has 0 spiro atoms. The van der Waals surface area contributed by atoms with Crippen LogP contribution in [0.1, 0.15) is 11.1 Å². The average Bonchev–Trinajstić information content (AvgIpc) is 3.36. The molecule has 3 aliphatic rings. The van der Waals surface area contributed by atoms with Crippen LogP contribution in [0.4, 0.5) is 0 Å². The Balaban J connectivity index is 1.54. The molecule has 27 heavy (non-hydrogen) atoms. The van der Waals surface area contributed by atoms with Crippen molar-refractivity contribution in [2.24, 2.45) is 0 Å². The van der Waals surface area contributed by atoms with Gasteiger partial charge in [0.05, 0.1) is 11.1 Å². The Morgan fingerprint density at radius 3 is 1.59 bits per heavy atom. The third kappa shape index (κ3) is 2.69. The van der Waals surface area contributed by atoms with Crippen LogP contribution >= 0.6 is 0 Å². The number of hydrogen-bond donors (Lipinski definition) is 1. The number of ether oxygens (including phenoxy) is 4. The zero-order valence-corrected chi connectivity index (χ0v) is 14.0. The van der Waals surface area contributed by atoms with Crippen molar-refractivity contribution in [1.29, 1.82) is 0 Å². The smallest absolute Gasteiger partial charge is 0.258 e. The quantitative estimate of drug-likeness (QED) is 0.651. The van der Waals surface area contributed by atoms with Crippen LogP contribution in [0.15, 0.2) is 47.5 Å². The van der Waals surface area contributed by atoms with Crippen LogP contribution in [0.25, 0.3) is 12.2 Å². The van der Waals surface area contributed by atoms with E-state index < -0.39 is 11.8 Å². The summed E-state index contributed by atoms with van der Waals surface area (Å²) in [7, 11) is 0. The Morgan fingerprint density at radius 2 is 1.11 bits per heavy atom. The molecular weight excluding hydrogens is 350 g/mol. The zero-order valence-electron chi connectivity index (χ0n) is 14.0. The van der Waals surface area contributed by atoms with Gasteiger partial charge in [-0.3, -0.25) is 14.9 Å². The van der Waals surface area contributed by atoms with E-state index in [-0.39, 0.29) is 24.7 Å². The number of carbonyl (C=O) groups is 2. The van der Waals surface area contributed by atoms with Gasteiger partial charge >= 0.3 is 0 Å². The minimum Gasteiger partial charge on any atom is -0.454 e. The minimum atomic E-state index is -0.440. The standard InChI is InChI=1S/C20H13NO6/c22-19-13(5-11-1-3-15-17(7-11)26-9-24-15)14(20(23)21-19)6-12-2-4-16-18(8-12)27-10-25-16/h1-8H,9-10H2,(H,21,22,23)/b13-5+,14-6+.